The standard InChI is InChI=1S/C12H19NO3S2/c1-13(9-10-5-2-3-6-11(10)14)18(15,16)12-7-4-8-17-12/h4,7-8,10-11,14H,2-3,5-6,9H2,1H3. The summed E-state index contributed by atoms with van der Waals surface area (Å²) in [6, 6.07) is 3.36. The van der Waals surface area contributed by atoms with Gasteiger partial charge >= 0.3 is 0 Å². The number of thiophene rings is 1. The van der Waals surface area contributed by atoms with Gasteiger partial charge in [0, 0.05) is 13.6 Å². The van der Waals surface area contributed by atoms with Gasteiger partial charge < -0.3 is 5.11 Å². The summed E-state index contributed by atoms with van der Waals surface area (Å²) in [6.45, 7) is 0.404. The van der Waals surface area contributed by atoms with E-state index >= 15 is 0 Å². The van der Waals surface area contributed by atoms with Crippen molar-refractivity contribution in [1.82, 2.24) is 4.31 Å². The fourth-order valence-electron chi connectivity index (χ4n) is 2.39. The fourth-order valence-corrected chi connectivity index (χ4v) is 4.82. The van der Waals surface area contributed by atoms with Crippen LogP contribution < -0.4 is 0 Å². The van der Waals surface area contributed by atoms with Gasteiger partial charge in [0.25, 0.3) is 10.0 Å². The van der Waals surface area contributed by atoms with E-state index in [0.717, 1.165) is 25.7 Å². The van der Waals surface area contributed by atoms with Crippen molar-refractivity contribution >= 4 is 21.4 Å². The molecule has 4 nitrogen and oxygen atoms in total. The van der Waals surface area contributed by atoms with Crippen LogP contribution in [0.5, 0.6) is 0 Å². The molecular formula is C12H19NO3S2. The molecule has 0 spiro atoms. The van der Waals surface area contributed by atoms with Crippen molar-refractivity contribution in [2.45, 2.75) is 36.0 Å². The number of rotatable bonds is 4. The molecule has 0 bridgehead atoms. The third-order valence-electron chi connectivity index (χ3n) is 3.52. The van der Waals surface area contributed by atoms with Gasteiger partial charge in [0.1, 0.15) is 4.21 Å². The van der Waals surface area contributed by atoms with E-state index < -0.39 is 10.0 Å². The molecule has 0 radical (unpaired) electrons. The second kappa shape index (κ2) is 5.69. The molecule has 1 fully saturated rings. The predicted molar refractivity (Wildman–Crippen MR) is 72.1 cm³/mol. The van der Waals surface area contributed by atoms with Crippen LogP contribution in [-0.4, -0.2) is 37.5 Å². The summed E-state index contributed by atoms with van der Waals surface area (Å²) in [5.41, 5.74) is 0. The van der Waals surface area contributed by atoms with Crippen molar-refractivity contribution in [2.24, 2.45) is 5.92 Å². The number of hydrogen-bond donors (Lipinski definition) is 1. The first-order chi connectivity index (χ1) is 8.51. The highest BCUT2D eigenvalue weighted by Crippen LogP contribution is 2.27. The zero-order chi connectivity index (χ0) is 13.2. The SMILES string of the molecule is CN(CC1CCCCC1O)S(=O)(=O)c1cccs1. The largest absolute Gasteiger partial charge is 0.393 e. The Labute approximate surface area is 112 Å². The summed E-state index contributed by atoms with van der Waals surface area (Å²) >= 11 is 1.23. The van der Waals surface area contributed by atoms with Gasteiger partial charge in [0.05, 0.1) is 6.10 Å². The fraction of sp³-hybridized carbons (Fsp3) is 0.667. The van der Waals surface area contributed by atoms with Gasteiger partial charge in [-0.25, -0.2) is 8.42 Å². The van der Waals surface area contributed by atoms with Crippen molar-refractivity contribution in [3.05, 3.63) is 17.5 Å². The zero-order valence-electron chi connectivity index (χ0n) is 10.4. The van der Waals surface area contributed by atoms with Gasteiger partial charge in [0.15, 0.2) is 0 Å². The minimum absolute atomic E-state index is 0.0680. The molecule has 2 rings (SSSR count). The Hall–Kier alpha value is -0.430. The molecule has 0 aliphatic heterocycles. The highest BCUT2D eigenvalue weighted by Gasteiger charge is 2.29. The third-order valence-corrected chi connectivity index (χ3v) is 6.72. The molecule has 6 heteroatoms. The van der Waals surface area contributed by atoms with E-state index in [-0.39, 0.29) is 12.0 Å². The zero-order valence-corrected chi connectivity index (χ0v) is 12.1. The van der Waals surface area contributed by atoms with Gasteiger partial charge in [-0.3, -0.25) is 0 Å². The van der Waals surface area contributed by atoms with E-state index in [9.17, 15) is 13.5 Å². The molecule has 18 heavy (non-hydrogen) atoms. The van der Waals surface area contributed by atoms with Crippen LogP contribution in [0.15, 0.2) is 21.7 Å². The lowest BCUT2D eigenvalue weighted by Gasteiger charge is -2.30. The van der Waals surface area contributed by atoms with Crippen molar-refractivity contribution in [1.29, 1.82) is 0 Å². The van der Waals surface area contributed by atoms with E-state index in [2.05, 4.69) is 0 Å². The van der Waals surface area contributed by atoms with Gasteiger partial charge in [0.2, 0.25) is 0 Å². The van der Waals surface area contributed by atoms with Crippen molar-refractivity contribution < 1.29 is 13.5 Å². The highest BCUT2D eigenvalue weighted by molar-refractivity contribution is 7.91. The van der Waals surface area contributed by atoms with Crippen LogP contribution in [0.3, 0.4) is 0 Å². The Kier molecular flexibility index (Phi) is 4.42. The lowest BCUT2D eigenvalue weighted by molar-refractivity contribution is 0.0621. The van der Waals surface area contributed by atoms with E-state index in [1.54, 1.807) is 24.6 Å². The van der Waals surface area contributed by atoms with Gasteiger partial charge in [-0.15, -0.1) is 11.3 Å². The number of aliphatic hydroxyl groups excluding tert-OH is 1. The Morgan fingerprint density at radius 3 is 2.78 bits per heavy atom. The summed E-state index contributed by atoms with van der Waals surface area (Å²) in [5.74, 6) is 0.0680. The van der Waals surface area contributed by atoms with E-state index in [0.29, 0.717) is 10.8 Å². The van der Waals surface area contributed by atoms with Crippen LogP contribution in [0.25, 0.3) is 0 Å². The molecule has 0 aromatic carbocycles. The number of nitrogens with zero attached hydrogens (tertiary/aromatic N) is 1. The maximum atomic E-state index is 12.2. The summed E-state index contributed by atoms with van der Waals surface area (Å²) < 4.78 is 26.2. The van der Waals surface area contributed by atoms with Gasteiger partial charge in [-0.1, -0.05) is 18.9 Å². The Morgan fingerprint density at radius 2 is 2.17 bits per heavy atom. The highest BCUT2D eigenvalue weighted by atomic mass is 32.2. The number of sulfonamides is 1. The molecule has 1 aromatic heterocycles. The smallest absolute Gasteiger partial charge is 0.252 e. The van der Waals surface area contributed by atoms with Crippen molar-refractivity contribution in [3.8, 4) is 0 Å². The topological polar surface area (TPSA) is 57.6 Å². The Bertz CT molecular complexity index is 470. The molecule has 1 aromatic rings. The second-order valence-electron chi connectivity index (χ2n) is 4.83. The molecular weight excluding hydrogens is 270 g/mol. The minimum Gasteiger partial charge on any atom is -0.393 e. The Morgan fingerprint density at radius 1 is 1.44 bits per heavy atom. The van der Waals surface area contributed by atoms with Crippen LogP contribution in [0, 0.1) is 5.92 Å². The monoisotopic (exact) mass is 289 g/mol. The van der Waals surface area contributed by atoms with Crippen molar-refractivity contribution in [2.75, 3.05) is 13.6 Å². The molecule has 102 valence electrons. The molecule has 1 saturated carbocycles. The van der Waals surface area contributed by atoms with Gasteiger partial charge in [-0.05, 0) is 30.2 Å². The molecule has 1 aliphatic carbocycles. The average Bonchev–Trinajstić information content (AvgIpc) is 2.86. The first-order valence-corrected chi connectivity index (χ1v) is 8.51. The maximum Gasteiger partial charge on any atom is 0.252 e. The number of aliphatic hydroxyl groups is 1. The van der Waals surface area contributed by atoms with Crippen LogP contribution in [-0.2, 0) is 10.0 Å². The molecule has 1 heterocycles. The van der Waals surface area contributed by atoms with Crippen LogP contribution in [0.4, 0.5) is 0 Å². The minimum atomic E-state index is -3.38. The first-order valence-electron chi connectivity index (χ1n) is 6.19. The molecule has 2 unspecified atom stereocenters. The van der Waals surface area contributed by atoms with Crippen LogP contribution >= 0.6 is 11.3 Å². The van der Waals surface area contributed by atoms with Crippen LogP contribution in [0.1, 0.15) is 25.7 Å². The number of hydrogen-bond acceptors (Lipinski definition) is 4. The van der Waals surface area contributed by atoms with Crippen LogP contribution in [0.2, 0.25) is 0 Å². The molecule has 2 atom stereocenters. The third kappa shape index (κ3) is 2.93. The van der Waals surface area contributed by atoms with E-state index in [4.69, 9.17) is 0 Å². The summed E-state index contributed by atoms with van der Waals surface area (Å²) in [5, 5.41) is 11.7. The molecule has 0 amide bonds. The molecule has 1 N–H and O–H groups in total. The van der Waals surface area contributed by atoms with E-state index in [1.165, 1.54) is 15.6 Å². The van der Waals surface area contributed by atoms with Crippen molar-refractivity contribution in [3.63, 3.8) is 0 Å². The predicted octanol–water partition coefficient (Wildman–Crippen LogP) is 1.92. The van der Waals surface area contributed by atoms with E-state index in [1.807, 2.05) is 0 Å². The average molecular weight is 289 g/mol. The first kappa shape index (κ1) is 14.0. The molecule has 0 saturated heterocycles. The quantitative estimate of drug-likeness (QED) is 0.921. The summed E-state index contributed by atoms with van der Waals surface area (Å²) in [4.78, 5) is 0. The summed E-state index contributed by atoms with van der Waals surface area (Å²) in [7, 11) is -1.78. The lowest BCUT2D eigenvalue weighted by Crippen LogP contribution is -2.37. The normalized spacial score (nSPS) is 25.5. The molecule has 1 aliphatic rings. The Balaban J connectivity index is 2.05. The second-order valence-corrected chi connectivity index (χ2v) is 8.05. The van der Waals surface area contributed by atoms with Gasteiger partial charge in [-0.2, -0.15) is 4.31 Å². The lowest BCUT2D eigenvalue weighted by atomic mass is 9.86. The summed E-state index contributed by atoms with van der Waals surface area (Å²) in [6.07, 6.45) is 3.45. The maximum absolute atomic E-state index is 12.2.